The number of nitro groups is 1. The first-order chi connectivity index (χ1) is 9.15. The van der Waals surface area contributed by atoms with Gasteiger partial charge in [-0.25, -0.2) is 0 Å². The molecule has 2 N–H and O–H groups in total. The minimum Gasteiger partial charge on any atom is -0.398 e. The number of nitrogens with zero attached hydrogens (tertiary/aromatic N) is 2. The van der Waals surface area contributed by atoms with Crippen LogP contribution in [0.2, 0.25) is 0 Å². The molecule has 0 amide bonds. The molecule has 5 nitrogen and oxygen atoms in total. The molecule has 0 aromatic heterocycles. The second-order valence-corrected chi connectivity index (χ2v) is 4.57. The highest BCUT2D eigenvalue weighted by molar-refractivity contribution is 5.74. The number of nitrogens with two attached hydrogens (primary N) is 1. The van der Waals surface area contributed by atoms with Crippen LogP contribution < -0.4 is 10.6 Å². The fourth-order valence-corrected chi connectivity index (χ4v) is 2.49. The van der Waals surface area contributed by atoms with Gasteiger partial charge >= 0.3 is 0 Å². The van der Waals surface area contributed by atoms with Crippen molar-refractivity contribution in [2.24, 2.45) is 0 Å². The van der Waals surface area contributed by atoms with Crippen LogP contribution in [0.25, 0.3) is 0 Å². The summed E-state index contributed by atoms with van der Waals surface area (Å²) in [7, 11) is 0. The van der Waals surface area contributed by atoms with Crippen LogP contribution in [0.15, 0.2) is 42.5 Å². The smallest absolute Gasteiger partial charge is 0.273 e. The highest BCUT2D eigenvalue weighted by Gasteiger charge is 2.21. The molecular weight excluding hydrogens is 242 g/mol. The maximum atomic E-state index is 10.9. The molecule has 1 heterocycles. The molecule has 2 aromatic rings. The number of anilines is 3. The van der Waals surface area contributed by atoms with E-state index in [0.717, 1.165) is 24.3 Å². The summed E-state index contributed by atoms with van der Waals surface area (Å²) >= 11 is 0. The summed E-state index contributed by atoms with van der Waals surface area (Å²) in [4.78, 5) is 12.6. The highest BCUT2D eigenvalue weighted by atomic mass is 16.6. The molecule has 0 fully saturated rings. The Morgan fingerprint density at radius 1 is 1.21 bits per heavy atom. The number of nitro benzene ring substituents is 1. The van der Waals surface area contributed by atoms with Gasteiger partial charge < -0.3 is 10.6 Å². The first-order valence-electron chi connectivity index (χ1n) is 6.05. The summed E-state index contributed by atoms with van der Waals surface area (Å²) in [6, 6.07) is 12.8. The van der Waals surface area contributed by atoms with Gasteiger partial charge in [-0.15, -0.1) is 0 Å². The van der Waals surface area contributed by atoms with Gasteiger partial charge in [0.2, 0.25) is 0 Å². The van der Waals surface area contributed by atoms with Crippen molar-refractivity contribution in [2.75, 3.05) is 17.2 Å². The fourth-order valence-electron chi connectivity index (χ4n) is 2.49. The first-order valence-corrected chi connectivity index (χ1v) is 6.05. The lowest BCUT2D eigenvalue weighted by Gasteiger charge is -2.19. The van der Waals surface area contributed by atoms with Gasteiger partial charge in [0.15, 0.2) is 0 Å². The molecule has 0 bridgehead atoms. The monoisotopic (exact) mass is 255 g/mol. The van der Waals surface area contributed by atoms with Crippen LogP contribution >= 0.6 is 0 Å². The normalized spacial score (nSPS) is 13.4. The Morgan fingerprint density at radius 2 is 2.00 bits per heavy atom. The predicted molar refractivity (Wildman–Crippen MR) is 74.7 cm³/mol. The maximum absolute atomic E-state index is 10.9. The second-order valence-electron chi connectivity index (χ2n) is 4.57. The molecule has 2 aromatic carbocycles. The van der Waals surface area contributed by atoms with E-state index < -0.39 is 4.92 Å². The SMILES string of the molecule is Nc1cc(N2CCc3ccccc32)cc([N+](=O)[O-])c1. The van der Waals surface area contributed by atoms with Crippen molar-refractivity contribution in [1.29, 1.82) is 0 Å². The summed E-state index contributed by atoms with van der Waals surface area (Å²) < 4.78 is 0. The van der Waals surface area contributed by atoms with E-state index in [0.29, 0.717) is 5.69 Å². The molecule has 0 saturated heterocycles. The molecule has 19 heavy (non-hydrogen) atoms. The zero-order valence-electron chi connectivity index (χ0n) is 10.2. The van der Waals surface area contributed by atoms with E-state index in [4.69, 9.17) is 5.73 Å². The van der Waals surface area contributed by atoms with Gasteiger partial charge in [-0.05, 0) is 24.1 Å². The first kappa shape index (κ1) is 11.5. The molecule has 0 radical (unpaired) electrons. The lowest BCUT2D eigenvalue weighted by Crippen LogP contribution is -2.13. The lowest BCUT2D eigenvalue weighted by molar-refractivity contribution is -0.384. The van der Waals surface area contributed by atoms with Gasteiger partial charge in [0.05, 0.1) is 10.6 Å². The Hall–Kier alpha value is -2.56. The van der Waals surface area contributed by atoms with Crippen molar-refractivity contribution in [3.63, 3.8) is 0 Å². The van der Waals surface area contributed by atoms with Crippen LogP contribution in [0.1, 0.15) is 5.56 Å². The molecule has 0 atom stereocenters. The average molecular weight is 255 g/mol. The Kier molecular flexibility index (Phi) is 2.59. The van der Waals surface area contributed by atoms with Gasteiger partial charge in [-0.3, -0.25) is 10.1 Å². The van der Waals surface area contributed by atoms with Crippen LogP contribution in [-0.2, 0) is 6.42 Å². The van der Waals surface area contributed by atoms with Crippen molar-refractivity contribution < 1.29 is 4.92 Å². The average Bonchev–Trinajstić information content (AvgIpc) is 2.81. The van der Waals surface area contributed by atoms with Gasteiger partial charge in [-0.2, -0.15) is 0 Å². The van der Waals surface area contributed by atoms with Crippen molar-refractivity contribution in [3.05, 3.63) is 58.1 Å². The summed E-state index contributed by atoms with van der Waals surface area (Å²) in [5, 5.41) is 10.9. The van der Waals surface area contributed by atoms with Crippen LogP contribution in [0, 0.1) is 10.1 Å². The highest BCUT2D eigenvalue weighted by Crippen LogP contribution is 2.36. The zero-order chi connectivity index (χ0) is 13.4. The van der Waals surface area contributed by atoms with Crippen LogP contribution in [0.3, 0.4) is 0 Å². The molecule has 1 aliphatic heterocycles. The lowest BCUT2D eigenvalue weighted by atomic mass is 10.2. The number of fused-ring (bicyclic) bond motifs is 1. The Balaban J connectivity index is 2.07. The summed E-state index contributed by atoms with van der Waals surface area (Å²) in [6.07, 6.45) is 0.943. The van der Waals surface area contributed by atoms with Crippen molar-refractivity contribution in [2.45, 2.75) is 6.42 Å². The topological polar surface area (TPSA) is 72.4 Å². The Bertz CT molecular complexity index is 655. The van der Waals surface area contributed by atoms with E-state index in [1.165, 1.54) is 11.6 Å². The second kappa shape index (κ2) is 4.28. The van der Waals surface area contributed by atoms with E-state index in [2.05, 4.69) is 11.0 Å². The van der Waals surface area contributed by atoms with Gasteiger partial charge in [0.1, 0.15) is 0 Å². The quantitative estimate of drug-likeness (QED) is 0.508. The zero-order valence-corrected chi connectivity index (χ0v) is 10.2. The predicted octanol–water partition coefficient (Wildman–Crippen LogP) is 2.87. The molecule has 0 aliphatic carbocycles. The van der Waals surface area contributed by atoms with Gasteiger partial charge in [0, 0.05) is 30.1 Å². The van der Waals surface area contributed by atoms with Crippen molar-refractivity contribution in [3.8, 4) is 0 Å². The maximum Gasteiger partial charge on any atom is 0.273 e. The largest absolute Gasteiger partial charge is 0.398 e. The number of benzene rings is 2. The number of nitrogen functional groups attached to an aromatic ring is 1. The van der Waals surface area contributed by atoms with E-state index in [1.54, 1.807) is 12.1 Å². The molecule has 0 saturated carbocycles. The number of rotatable bonds is 2. The van der Waals surface area contributed by atoms with Gasteiger partial charge in [-0.1, -0.05) is 18.2 Å². The van der Waals surface area contributed by atoms with E-state index in [-0.39, 0.29) is 5.69 Å². The molecular formula is C14H13N3O2. The van der Waals surface area contributed by atoms with Gasteiger partial charge in [0.25, 0.3) is 5.69 Å². The molecule has 0 unspecified atom stereocenters. The number of para-hydroxylation sites is 1. The van der Waals surface area contributed by atoms with E-state index >= 15 is 0 Å². The minimum absolute atomic E-state index is 0.0272. The van der Waals surface area contributed by atoms with Crippen molar-refractivity contribution in [1.82, 2.24) is 0 Å². The molecule has 3 rings (SSSR count). The summed E-state index contributed by atoms with van der Waals surface area (Å²) in [5.41, 5.74) is 9.32. The van der Waals surface area contributed by atoms with Crippen LogP contribution in [-0.4, -0.2) is 11.5 Å². The summed E-state index contributed by atoms with van der Waals surface area (Å²) in [6.45, 7) is 0.819. The van der Waals surface area contributed by atoms with E-state index in [1.807, 2.05) is 18.2 Å². The third-order valence-corrected chi connectivity index (χ3v) is 3.33. The molecule has 1 aliphatic rings. The number of hydrogen-bond donors (Lipinski definition) is 1. The van der Waals surface area contributed by atoms with Crippen molar-refractivity contribution >= 4 is 22.7 Å². The third-order valence-electron chi connectivity index (χ3n) is 3.33. The van der Waals surface area contributed by atoms with Crippen LogP contribution in [0.5, 0.6) is 0 Å². The van der Waals surface area contributed by atoms with E-state index in [9.17, 15) is 10.1 Å². The third kappa shape index (κ3) is 1.99. The molecule has 96 valence electrons. The number of non-ortho nitro benzene ring substituents is 1. The van der Waals surface area contributed by atoms with Crippen LogP contribution in [0.4, 0.5) is 22.7 Å². The molecule has 5 heteroatoms. The number of hydrogen-bond acceptors (Lipinski definition) is 4. The standard InChI is InChI=1S/C14H13N3O2/c15-11-7-12(9-13(8-11)17(18)19)16-6-5-10-3-1-2-4-14(10)16/h1-4,7-9H,5-6,15H2. The fraction of sp³-hybridized carbons (Fsp3) is 0.143. The molecule has 0 spiro atoms. The Labute approximate surface area is 110 Å². The Morgan fingerprint density at radius 3 is 2.79 bits per heavy atom. The minimum atomic E-state index is -0.415. The summed E-state index contributed by atoms with van der Waals surface area (Å²) in [5.74, 6) is 0.